The largest absolute Gasteiger partial charge is 0.497 e. The molecule has 1 N–H and O–H groups in total. The Morgan fingerprint density at radius 1 is 1.08 bits per heavy atom. The molecule has 0 aliphatic carbocycles. The summed E-state index contributed by atoms with van der Waals surface area (Å²) in [6.45, 7) is 0. The van der Waals surface area contributed by atoms with E-state index in [1.807, 2.05) is 18.2 Å². The number of esters is 1. The van der Waals surface area contributed by atoms with Crippen molar-refractivity contribution >= 4 is 11.9 Å². The number of nitrogens with one attached hydrogen (secondary N) is 1. The van der Waals surface area contributed by atoms with Gasteiger partial charge in [-0.2, -0.15) is 5.26 Å². The number of rotatable bonds is 6. The Balaban J connectivity index is 2.12. The van der Waals surface area contributed by atoms with Gasteiger partial charge in [-0.05, 0) is 42.0 Å². The van der Waals surface area contributed by atoms with Gasteiger partial charge in [-0.25, -0.2) is 4.79 Å². The van der Waals surface area contributed by atoms with Crippen LogP contribution in [0.15, 0.2) is 48.5 Å². The van der Waals surface area contributed by atoms with Crippen molar-refractivity contribution < 1.29 is 19.1 Å². The molecule has 0 bridgehead atoms. The zero-order valence-corrected chi connectivity index (χ0v) is 14.0. The molecule has 0 saturated carbocycles. The number of hydrogen-bond donors (Lipinski definition) is 1. The molecule has 0 heterocycles. The van der Waals surface area contributed by atoms with Crippen LogP contribution in [-0.2, 0) is 16.0 Å². The first-order valence-corrected chi connectivity index (χ1v) is 7.59. The molecule has 6 nitrogen and oxygen atoms in total. The number of carbonyl (C=O) groups excluding carboxylic acids is 2. The zero-order valence-electron chi connectivity index (χ0n) is 14.0. The topological polar surface area (TPSA) is 88.4 Å². The summed E-state index contributed by atoms with van der Waals surface area (Å²) in [5.41, 5.74) is 1.68. The first-order chi connectivity index (χ1) is 12.1. The van der Waals surface area contributed by atoms with Gasteiger partial charge in [0.2, 0.25) is 0 Å². The van der Waals surface area contributed by atoms with Crippen LogP contribution in [0.2, 0.25) is 0 Å². The van der Waals surface area contributed by atoms with E-state index in [9.17, 15) is 9.59 Å². The van der Waals surface area contributed by atoms with Gasteiger partial charge in [-0.3, -0.25) is 4.79 Å². The quantitative estimate of drug-likeness (QED) is 0.815. The Labute approximate surface area is 146 Å². The zero-order chi connectivity index (χ0) is 18.2. The Hall–Kier alpha value is -3.33. The molecule has 2 aromatic rings. The van der Waals surface area contributed by atoms with Gasteiger partial charge in [0.1, 0.15) is 11.8 Å². The van der Waals surface area contributed by atoms with Gasteiger partial charge in [0.25, 0.3) is 5.91 Å². The summed E-state index contributed by atoms with van der Waals surface area (Å²) in [6.07, 6.45) is 0.290. The molecule has 6 heteroatoms. The minimum absolute atomic E-state index is 0.290. The fourth-order valence-electron chi connectivity index (χ4n) is 2.27. The number of methoxy groups -OCH3 is 2. The first-order valence-electron chi connectivity index (χ1n) is 7.59. The first kappa shape index (κ1) is 18.0. The van der Waals surface area contributed by atoms with E-state index >= 15 is 0 Å². The Bertz CT molecular complexity index is 777. The molecule has 0 radical (unpaired) electrons. The number of benzene rings is 2. The van der Waals surface area contributed by atoms with Gasteiger partial charge in [-0.15, -0.1) is 0 Å². The van der Waals surface area contributed by atoms with Crippen molar-refractivity contribution in [3.8, 4) is 11.8 Å². The molecule has 1 atom stereocenters. The Morgan fingerprint density at radius 3 is 2.24 bits per heavy atom. The van der Waals surface area contributed by atoms with E-state index in [1.165, 1.54) is 19.2 Å². The van der Waals surface area contributed by atoms with Crippen LogP contribution in [0.1, 0.15) is 21.5 Å². The van der Waals surface area contributed by atoms with Crippen molar-refractivity contribution in [3.05, 3.63) is 65.2 Å². The van der Waals surface area contributed by atoms with E-state index in [-0.39, 0.29) is 0 Å². The average Bonchev–Trinajstić information content (AvgIpc) is 2.67. The SMILES string of the molecule is COC(=O)[C@@H](Cc1ccc(OC)cc1)NC(=O)c1ccc(C#N)cc1. The van der Waals surface area contributed by atoms with Gasteiger partial charge >= 0.3 is 5.97 Å². The number of nitrogens with zero attached hydrogens (tertiary/aromatic N) is 1. The fourth-order valence-corrected chi connectivity index (χ4v) is 2.27. The highest BCUT2D eigenvalue weighted by molar-refractivity contribution is 5.96. The van der Waals surface area contributed by atoms with E-state index in [0.29, 0.717) is 23.3 Å². The molecule has 128 valence electrons. The average molecular weight is 338 g/mol. The van der Waals surface area contributed by atoms with Crippen LogP contribution in [0.4, 0.5) is 0 Å². The maximum atomic E-state index is 12.3. The highest BCUT2D eigenvalue weighted by atomic mass is 16.5. The summed E-state index contributed by atoms with van der Waals surface area (Å²) in [5.74, 6) is -0.230. The Kier molecular flexibility index (Phi) is 6.13. The summed E-state index contributed by atoms with van der Waals surface area (Å²) < 4.78 is 9.88. The molecule has 0 spiro atoms. The van der Waals surface area contributed by atoms with E-state index in [4.69, 9.17) is 14.7 Å². The van der Waals surface area contributed by atoms with Crippen molar-refractivity contribution in [1.82, 2.24) is 5.32 Å². The molecule has 1 amide bonds. The van der Waals surface area contributed by atoms with E-state index in [0.717, 1.165) is 5.56 Å². The van der Waals surface area contributed by atoms with Gasteiger partial charge in [0, 0.05) is 12.0 Å². The van der Waals surface area contributed by atoms with Crippen molar-refractivity contribution in [3.63, 3.8) is 0 Å². The minimum Gasteiger partial charge on any atom is -0.497 e. The van der Waals surface area contributed by atoms with E-state index < -0.39 is 17.9 Å². The Morgan fingerprint density at radius 2 is 1.72 bits per heavy atom. The molecular formula is C19H18N2O4. The van der Waals surface area contributed by atoms with Gasteiger partial charge in [0.05, 0.1) is 25.9 Å². The molecule has 0 saturated heterocycles. The third-order valence-electron chi connectivity index (χ3n) is 3.67. The number of carbonyl (C=O) groups is 2. The molecule has 2 aromatic carbocycles. The number of amides is 1. The van der Waals surface area contributed by atoms with Crippen LogP contribution in [0.3, 0.4) is 0 Å². The fraction of sp³-hybridized carbons (Fsp3) is 0.211. The monoisotopic (exact) mass is 338 g/mol. The van der Waals surface area contributed by atoms with Crippen molar-refractivity contribution in [2.75, 3.05) is 14.2 Å². The van der Waals surface area contributed by atoms with Gasteiger partial charge < -0.3 is 14.8 Å². The van der Waals surface area contributed by atoms with Crippen LogP contribution in [-0.4, -0.2) is 32.1 Å². The summed E-state index contributed by atoms with van der Waals surface area (Å²) >= 11 is 0. The smallest absolute Gasteiger partial charge is 0.328 e. The summed E-state index contributed by atoms with van der Waals surface area (Å²) in [4.78, 5) is 24.3. The minimum atomic E-state index is -0.818. The lowest BCUT2D eigenvalue weighted by Gasteiger charge is -2.17. The normalized spacial score (nSPS) is 11.1. The highest BCUT2D eigenvalue weighted by Crippen LogP contribution is 2.13. The second-order valence-corrected chi connectivity index (χ2v) is 5.29. The maximum absolute atomic E-state index is 12.3. The van der Waals surface area contributed by atoms with Crippen LogP contribution in [0, 0.1) is 11.3 Å². The number of hydrogen-bond acceptors (Lipinski definition) is 5. The molecule has 0 aromatic heterocycles. The second kappa shape index (κ2) is 8.50. The molecule has 0 aliphatic rings. The van der Waals surface area contributed by atoms with Gasteiger partial charge in [0.15, 0.2) is 0 Å². The van der Waals surface area contributed by atoms with Crippen LogP contribution in [0.25, 0.3) is 0 Å². The molecule has 0 aliphatic heterocycles. The predicted octanol–water partition coefficient (Wildman–Crippen LogP) is 2.08. The van der Waals surface area contributed by atoms with E-state index in [2.05, 4.69) is 5.32 Å². The highest BCUT2D eigenvalue weighted by Gasteiger charge is 2.22. The maximum Gasteiger partial charge on any atom is 0.328 e. The lowest BCUT2D eigenvalue weighted by molar-refractivity contribution is -0.142. The third-order valence-corrected chi connectivity index (χ3v) is 3.67. The van der Waals surface area contributed by atoms with Crippen LogP contribution in [0.5, 0.6) is 5.75 Å². The number of nitriles is 1. The summed E-state index contributed by atoms with van der Waals surface area (Å²) in [7, 11) is 2.85. The van der Waals surface area contributed by atoms with Gasteiger partial charge in [-0.1, -0.05) is 12.1 Å². The van der Waals surface area contributed by atoms with Crippen molar-refractivity contribution in [1.29, 1.82) is 5.26 Å². The van der Waals surface area contributed by atoms with E-state index in [1.54, 1.807) is 31.4 Å². The molecular weight excluding hydrogens is 320 g/mol. The van der Waals surface area contributed by atoms with Crippen LogP contribution < -0.4 is 10.1 Å². The predicted molar refractivity (Wildman–Crippen MR) is 91.1 cm³/mol. The summed E-state index contributed by atoms with van der Waals surface area (Å²) in [6, 6.07) is 14.5. The number of ether oxygens (including phenoxy) is 2. The lowest BCUT2D eigenvalue weighted by Crippen LogP contribution is -2.43. The summed E-state index contributed by atoms with van der Waals surface area (Å²) in [5, 5.41) is 11.5. The standard InChI is InChI=1S/C19H18N2O4/c1-24-16-9-5-13(6-10-16)11-17(19(23)25-2)21-18(22)15-7-3-14(12-20)4-8-15/h3-10,17H,11H2,1-2H3,(H,21,22)/t17-/m1/s1. The molecule has 0 unspecified atom stereocenters. The van der Waals surface area contributed by atoms with Crippen molar-refractivity contribution in [2.24, 2.45) is 0 Å². The van der Waals surface area contributed by atoms with Crippen LogP contribution >= 0.6 is 0 Å². The molecule has 25 heavy (non-hydrogen) atoms. The third kappa shape index (κ3) is 4.82. The van der Waals surface area contributed by atoms with Crippen molar-refractivity contribution in [2.45, 2.75) is 12.5 Å². The second-order valence-electron chi connectivity index (χ2n) is 5.29. The molecule has 2 rings (SSSR count). The molecule has 0 fully saturated rings. The lowest BCUT2D eigenvalue weighted by atomic mass is 10.0.